The topological polar surface area (TPSA) is 32.7 Å². The van der Waals surface area contributed by atoms with Crippen molar-refractivity contribution in [3.05, 3.63) is 23.8 Å². The van der Waals surface area contributed by atoms with E-state index >= 15 is 0 Å². The van der Waals surface area contributed by atoms with E-state index in [0.29, 0.717) is 23.6 Å². The smallest absolute Gasteiger partial charge is 0.126 e. The summed E-state index contributed by atoms with van der Waals surface area (Å²) in [4.78, 5) is 0. The van der Waals surface area contributed by atoms with Gasteiger partial charge in [0.15, 0.2) is 0 Å². The molecule has 3 nitrogen and oxygen atoms in total. The summed E-state index contributed by atoms with van der Waals surface area (Å²) in [5.74, 6) is 1.19. The van der Waals surface area contributed by atoms with E-state index in [1.165, 1.54) is 0 Å². The Bertz CT molecular complexity index is 423. The first-order valence-electron chi connectivity index (χ1n) is 6.98. The predicted molar refractivity (Wildman–Crippen MR) is 80.8 cm³/mol. The van der Waals surface area contributed by atoms with Crippen molar-refractivity contribution in [2.45, 2.75) is 44.9 Å². The molecule has 0 saturated heterocycles. The highest BCUT2D eigenvalue weighted by Crippen LogP contribution is 2.36. The van der Waals surface area contributed by atoms with Gasteiger partial charge in [-0.1, -0.05) is 24.9 Å². The fourth-order valence-corrected chi connectivity index (χ4v) is 3.56. The van der Waals surface area contributed by atoms with Crippen LogP contribution in [0.15, 0.2) is 18.2 Å². The van der Waals surface area contributed by atoms with Crippen LogP contribution in [0.2, 0.25) is 0 Å². The van der Waals surface area contributed by atoms with Crippen LogP contribution in [-0.2, 0) is 6.42 Å². The number of nitrogens with zero attached hydrogens (tertiary/aromatic N) is 1. The van der Waals surface area contributed by atoms with Crippen molar-refractivity contribution in [2.75, 3.05) is 13.2 Å². The quantitative estimate of drug-likeness (QED) is 0.838. The van der Waals surface area contributed by atoms with Gasteiger partial charge in [0.05, 0.1) is 5.25 Å². The molecule has 1 aliphatic heterocycles. The second kappa shape index (κ2) is 6.53. The molecular formula is C15H23NO2S. The van der Waals surface area contributed by atoms with Gasteiger partial charge in [0, 0.05) is 18.2 Å². The molecule has 0 spiro atoms. The number of hydrogen-bond donors (Lipinski definition) is 1. The number of ether oxygens (including phenoxy) is 1. The summed E-state index contributed by atoms with van der Waals surface area (Å²) in [6.45, 7) is 8.45. The number of rotatable bonds is 5. The molecule has 0 fully saturated rings. The van der Waals surface area contributed by atoms with Crippen LogP contribution in [-0.4, -0.2) is 33.9 Å². The molecule has 1 atom stereocenters. The van der Waals surface area contributed by atoms with Crippen LogP contribution < -0.4 is 4.74 Å². The van der Waals surface area contributed by atoms with Gasteiger partial charge in [-0.15, -0.1) is 0 Å². The standard InChI is InChI=1S/C15H23NO2S/c1-4-8-16(11(2)3)19-12-9-13-14(17)6-5-7-15(13)18-10-12/h5-7,11-12,17H,4,8-10H2,1-3H3. The molecule has 1 heterocycles. The number of phenols is 1. The average Bonchev–Trinajstić information content (AvgIpc) is 2.39. The summed E-state index contributed by atoms with van der Waals surface area (Å²) < 4.78 is 8.18. The van der Waals surface area contributed by atoms with E-state index in [-0.39, 0.29) is 0 Å². The van der Waals surface area contributed by atoms with E-state index in [9.17, 15) is 5.11 Å². The second-order valence-electron chi connectivity index (χ2n) is 5.23. The Labute approximate surface area is 120 Å². The summed E-state index contributed by atoms with van der Waals surface area (Å²) in [5.41, 5.74) is 0.950. The van der Waals surface area contributed by atoms with Gasteiger partial charge in [-0.05, 0) is 38.8 Å². The lowest BCUT2D eigenvalue weighted by Gasteiger charge is -2.32. The van der Waals surface area contributed by atoms with Crippen molar-refractivity contribution in [1.29, 1.82) is 0 Å². The maximum atomic E-state index is 9.92. The lowest BCUT2D eigenvalue weighted by molar-refractivity contribution is 0.285. The van der Waals surface area contributed by atoms with Gasteiger partial charge >= 0.3 is 0 Å². The summed E-state index contributed by atoms with van der Waals surface area (Å²) in [6.07, 6.45) is 2.03. The fourth-order valence-electron chi connectivity index (χ4n) is 2.28. The minimum atomic E-state index is 0.356. The van der Waals surface area contributed by atoms with E-state index in [1.54, 1.807) is 6.07 Å². The molecule has 4 heteroatoms. The molecule has 1 aromatic rings. The van der Waals surface area contributed by atoms with Crippen molar-refractivity contribution in [3.8, 4) is 11.5 Å². The molecule has 106 valence electrons. The van der Waals surface area contributed by atoms with E-state index in [1.807, 2.05) is 24.1 Å². The van der Waals surface area contributed by atoms with E-state index < -0.39 is 0 Å². The Morgan fingerprint density at radius 2 is 2.26 bits per heavy atom. The Hall–Kier alpha value is -0.870. The maximum absolute atomic E-state index is 9.92. The highest BCUT2D eigenvalue weighted by molar-refractivity contribution is 7.97. The first-order chi connectivity index (χ1) is 9.11. The molecule has 1 aromatic carbocycles. The third-order valence-corrected chi connectivity index (χ3v) is 4.75. The largest absolute Gasteiger partial charge is 0.508 e. The number of hydrogen-bond acceptors (Lipinski definition) is 4. The van der Waals surface area contributed by atoms with Gasteiger partial charge in [-0.2, -0.15) is 0 Å². The Morgan fingerprint density at radius 1 is 1.47 bits per heavy atom. The first kappa shape index (κ1) is 14.5. The van der Waals surface area contributed by atoms with Gasteiger partial charge in [0.1, 0.15) is 18.1 Å². The first-order valence-corrected chi connectivity index (χ1v) is 7.82. The van der Waals surface area contributed by atoms with Gasteiger partial charge < -0.3 is 9.84 Å². The molecule has 1 aliphatic rings. The zero-order valence-electron chi connectivity index (χ0n) is 11.9. The minimum absolute atomic E-state index is 0.356. The summed E-state index contributed by atoms with van der Waals surface area (Å²) in [5, 5.41) is 10.3. The van der Waals surface area contributed by atoms with Crippen molar-refractivity contribution < 1.29 is 9.84 Å². The van der Waals surface area contributed by atoms with Crippen LogP contribution >= 0.6 is 11.9 Å². The number of phenolic OH excluding ortho intramolecular Hbond substituents is 1. The molecule has 1 unspecified atom stereocenters. The van der Waals surface area contributed by atoms with E-state index in [4.69, 9.17) is 4.74 Å². The third-order valence-electron chi connectivity index (χ3n) is 3.27. The van der Waals surface area contributed by atoms with Crippen LogP contribution in [0.1, 0.15) is 32.8 Å². The van der Waals surface area contributed by atoms with Crippen LogP contribution in [0.25, 0.3) is 0 Å². The van der Waals surface area contributed by atoms with Crippen LogP contribution in [0.3, 0.4) is 0 Å². The molecule has 1 N–H and O–H groups in total. The third kappa shape index (κ3) is 3.57. The van der Waals surface area contributed by atoms with Crippen molar-refractivity contribution in [1.82, 2.24) is 4.31 Å². The lowest BCUT2D eigenvalue weighted by Crippen LogP contribution is -2.32. The summed E-state index contributed by atoms with van der Waals surface area (Å²) in [6, 6.07) is 6.03. The van der Waals surface area contributed by atoms with Crippen LogP contribution in [0, 0.1) is 0 Å². The molecule has 0 amide bonds. The molecular weight excluding hydrogens is 258 g/mol. The van der Waals surface area contributed by atoms with Crippen LogP contribution in [0.5, 0.6) is 11.5 Å². The zero-order valence-corrected chi connectivity index (χ0v) is 12.7. The maximum Gasteiger partial charge on any atom is 0.126 e. The normalized spacial score (nSPS) is 18.5. The van der Waals surface area contributed by atoms with Crippen molar-refractivity contribution in [2.24, 2.45) is 0 Å². The monoisotopic (exact) mass is 281 g/mol. The minimum Gasteiger partial charge on any atom is -0.508 e. The Kier molecular flexibility index (Phi) is 4.99. The molecule has 2 rings (SSSR count). The number of benzene rings is 1. The van der Waals surface area contributed by atoms with Gasteiger partial charge in [0.2, 0.25) is 0 Å². The molecule has 0 radical (unpaired) electrons. The van der Waals surface area contributed by atoms with Crippen LogP contribution in [0.4, 0.5) is 0 Å². The van der Waals surface area contributed by atoms with Gasteiger partial charge in [0.25, 0.3) is 0 Å². The average molecular weight is 281 g/mol. The molecule has 0 aromatic heterocycles. The van der Waals surface area contributed by atoms with E-state index in [0.717, 1.165) is 30.7 Å². The highest BCUT2D eigenvalue weighted by Gasteiger charge is 2.25. The second-order valence-corrected chi connectivity index (χ2v) is 6.58. The highest BCUT2D eigenvalue weighted by atomic mass is 32.2. The molecule has 0 bridgehead atoms. The van der Waals surface area contributed by atoms with Crippen molar-refractivity contribution in [3.63, 3.8) is 0 Å². The SMILES string of the molecule is CCCN(SC1COc2cccc(O)c2C1)C(C)C. The van der Waals surface area contributed by atoms with Crippen molar-refractivity contribution >= 4 is 11.9 Å². The Morgan fingerprint density at radius 3 is 2.95 bits per heavy atom. The zero-order chi connectivity index (χ0) is 13.8. The summed E-state index contributed by atoms with van der Waals surface area (Å²) in [7, 11) is 0. The van der Waals surface area contributed by atoms with Gasteiger partial charge in [-0.25, -0.2) is 4.31 Å². The number of fused-ring (bicyclic) bond motifs is 1. The van der Waals surface area contributed by atoms with Gasteiger partial charge in [-0.3, -0.25) is 0 Å². The Balaban J connectivity index is 2.03. The summed E-state index contributed by atoms with van der Waals surface area (Å²) >= 11 is 1.87. The predicted octanol–water partition coefficient (Wildman–Crippen LogP) is 3.46. The molecule has 0 saturated carbocycles. The molecule has 19 heavy (non-hydrogen) atoms. The fraction of sp³-hybridized carbons (Fsp3) is 0.600. The molecule has 0 aliphatic carbocycles. The van der Waals surface area contributed by atoms with E-state index in [2.05, 4.69) is 25.1 Å². The number of aromatic hydroxyl groups is 1. The lowest BCUT2D eigenvalue weighted by atomic mass is 10.1.